The summed E-state index contributed by atoms with van der Waals surface area (Å²) in [6, 6.07) is 7.79. The summed E-state index contributed by atoms with van der Waals surface area (Å²) in [7, 11) is 0. The summed E-state index contributed by atoms with van der Waals surface area (Å²) in [6.45, 7) is 5.34. The molecule has 1 aliphatic heterocycles. The number of aromatic nitrogens is 1. The lowest BCUT2D eigenvalue weighted by Gasteiger charge is -2.21. The van der Waals surface area contributed by atoms with Gasteiger partial charge in [0.1, 0.15) is 0 Å². The molecular formula is C16H20BrCl2N3O. The minimum Gasteiger partial charge on any atom is -0.337 e. The van der Waals surface area contributed by atoms with E-state index in [0.717, 1.165) is 59.2 Å². The monoisotopic (exact) mass is 419 g/mol. The van der Waals surface area contributed by atoms with Gasteiger partial charge in [-0.05, 0) is 38.1 Å². The van der Waals surface area contributed by atoms with Gasteiger partial charge in [-0.15, -0.1) is 24.8 Å². The molecule has 126 valence electrons. The molecule has 2 aromatic rings. The molecule has 0 atom stereocenters. The zero-order valence-electron chi connectivity index (χ0n) is 12.8. The van der Waals surface area contributed by atoms with Crippen molar-refractivity contribution in [2.45, 2.75) is 13.3 Å². The first kappa shape index (κ1) is 20.2. The van der Waals surface area contributed by atoms with E-state index in [0.29, 0.717) is 0 Å². The largest absolute Gasteiger partial charge is 0.337 e. The molecule has 1 aromatic heterocycles. The topological polar surface area (TPSA) is 45.2 Å². The predicted octanol–water partition coefficient (Wildman–Crippen LogP) is 3.58. The Bertz CT molecular complexity index is 683. The fourth-order valence-electron chi connectivity index (χ4n) is 2.73. The second-order valence-corrected chi connectivity index (χ2v) is 6.28. The van der Waals surface area contributed by atoms with Crippen LogP contribution in [-0.2, 0) is 0 Å². The van der Waals surface area contributed by atoms with E-state index in [1.165, 1.54) is 0 Å². The molecule has 7 heteroatoms. The van der Waals surface area contributed by atoms with E-state index in [1.54, 1.807) is 0 Å². The van der Waals surface area contributed by atoms with Crippen LogP contribution < -0.4 is 5.32 Å². The fraction of sp³-hybridized carbons (Fsp3) is 0.375. The van der Waals surface area contributed by atoms with Crippen molar-refractivity contribution in [1.29, 1.82) is 0 Å². The Kier molecular flexibility index (Phi) is 7.74. The van der Waals surface area contributed by atoms with Gasteiger partial charge < -0.3 is 10.2 Å². The number of carbonyl (C=O) groups excluding carboxylic acids is 1. The van der Waals surface area contributed by atoms with E-state index >= 15 is 0 Å². The number of amides is 1. The molecular weight excluding hydrogens is 401 g/mol. The zero-order chi connectivity index (χ0) is 14.8. The van der Waals surface area contributed by atoms with Gasteiger partial charge in [-0.1, -0.05) is 22.0 Å². The Morgan fingerprint density at radius 3 is 2.78 bits per heavy atom. The molecule has 4 nitrogen and oxygen atoms in total. The molecule has 0 radical (unpaired) electrons. The molecule has 1 aliphatic rings. The quantitative estimate of drug-likeness (QED) is 0.766. The van der Waals surface area contributed by atoms with E-state index in [4.69, 9.17) is 0 Å². The van der Waals surface area contributed by atoms with Crippen molar-refractivity contribution in [3.05, 3.63) is 40.0 Å². The summed E-state index contributed by atoms with van der Waals surface area (Å²) >= 11 is 3.46. The van der Waals surface area contributed by atoms with Gasteiger partial charge in [-0.3, -0.25) is 9.78 Å². The van der Waals surface area contributed by atoms with Crippen molar-refractivity contribution in [2.24, 2.45) is 0 Å². The summed E-state index contributed by atoms with van der Waals surface area (Å²) in [5, 5.41) is 4.25. The third-order valence-electron chi connectivity index (χ3n) is 3.76. The van der Waals surface area contributed by atoms with Gasteiger partial charge >= 0.3 is 0 Å². The number of carbonyl (C=O) groups is 1. The van der Waals surface area contributed by atoms with Crippen LogP contribution in [0.3, 0.4) is 0 Å². The van der Waals surface area contributed by atoms with Gasteiger partial charge in [0.25, 0.3) is 5.91 Å². The van der Waals surface area contributed by atoms with Gasteiger partial charge in [-0.2, -0.15) is 0 Å². The molecule has 1 amide bonds. The lowest BCUT2D eigenvalue weighted by molar-refractivity contribution is 0.0768. The number of benzene rings is 1. The average Bonchev–Trinajstić information content (AvgIpc) is 2.74. The van der Waals surface area contributed by atoms with Crippen molar-refractivity contribution in [3.8, 4) is 0 Å². The standard InChI is InChI=1S/C16H18BrN3O.2ClH/c1-11-9-14(13-4-3-12(17)10-15(13)19-11)16(21)20-7-2-5-18-6-8-20;;/h3-4,9-10,18H,2,5-8H2,1H3;2*1H. The smallest absolute Gasteiger partial charge is 0.254 e. The summed E-state index contributed by atoms with van der Waals surface area (Å²) in [4.78, 5) is 19.3. The summed E-state index contributed by atoms with van der Waals surface area (Å²) in [5.74, 6) is 0.108. The maximum Gasteiger partial charge on any atom is 0.254 e. The molecule has 0 saturated carbocycles. The highest BCUT2D eigenvalue weighted by Crippen LogP contribution is 2.23. The van der Waals surface area contributed by atoms with Gasteiger partial charge in [0.05, 0.1) is 11.1 Å². The number of aryl methyl sites for hydroxylation is 1. The molecule has 0 aliphatic carbocycles. The van der Waals surface area contributed by atoms with Crippen molar-refractivity contribution >= 4 is 57.6 Å². The highest BCUT2D eigenvalue weighted by molar-refractivity contribution is 9.10. The number of rotatable bonds is 1. The van der Waals surface area contributed by atoms with E-state index in [9.17, 15) is 4.79 Å². The van der Waals surface area contributed by atoms with Crippen LogP contribution in [0.2, 0.25) is 0 Å². The molecule has 1 aromatic carbocycles. The molecule has 0 spiro atoms. The SMILES string of the molecule is Cc1cc(C(=O)N2CCCNCC2)c2ccc(Br)cc2n1.Cl.Cl. The molecule has 1 N–H and O–H groups in total. The Hall–Kier alpha value is -0.880. The van der Waals surface area contributed by atoms with Crippen LogP contribution >= 0.6 is 40.7 Å². The molecule has 1 saturated heterocycles. The maximum atomic E-state index is 12.9. The number of halogens is 3. The number of fused-ring (bicyclic) bond motifs is 1. The predicted molar refractivity (Wildman–Crippen MR) is 102 cm³/mol. The first-order chi connectivity index (χ1) is 10.1. The average molecular weight is 421 g/mol. The number of hydrogen-bond donors (Lipinski definition) is 1. The van der Waals surface area contributed by atoms with E-state index < -0.39 is 0 Å². The van der Waals surface area contributed by atoms with Crippen molar-refractivity contribution in [3.63, 3.8) is 0 Å². The molecule has 23 heavy (non-hydrogen) atoms. The van der Waals surface area contributed by atoms with Crippen molar-refractivity contribution in [1.82, 2.24) is 15.2 Å². The molecule has 0 unspecified atom stereocenters. The van der Waals surface area contributed by atoms with Crippen LogP contribution in [0, 0.1) is 6.92 Å². The van der Waals surface area contributed by atoms with Crippen LogP contribution in [0.15, 0.2) is 28.7 Å². The zero-order valence-corrected chi connectivity index (χ0v) is 16.1. The van der Waals surface area contributed by atoms with Gasteiger partial charge in [0.15, 0.2) is 0 Å². The second kappa shape index (κ2) is 8.83. The van der Waals surface area contributed by atoms with Crippen molar-refractivity contribution < 1.29 is 4.79 Å². The Morgan fingerprint density at radius 2 is 2.00 bits per heavy atom. The van der Waals surface area contributed by atoms with E-state index in [2.05, 4.69) is 26.2 Å². The maximum absolute atomic E-state index is 12.9. The van der Waals surface area contributed by atoms with Crippen molar-refractivity contribution in [2.75, 3.05) is 26.2 Å². The lowest BCUT2D eigenvalue weighted by atomic mass is 10.1. The third-order valence-corrected chi connectivity index (χ3v) is 4.25. The minimum absolute atomic E-state index is 0. The number of nitrogens with one attached hydrogen (secondary N) is 1. The summed E-state index contributed by atoms with van der Waals surface area (Å²) in [5.41, 5.74) is 2.49. The highest BCUT2D eigenvalue weighted by atomic mass is 79.9. The molecule has 3 rings (SSSR count). The summed E-state index contributed by atoms with van der Waals surface area (Å²) < 4.78 is 0.977. The third kappa shape index (κ3) is 4.57. The Balaban J connectivity index is 0.00000132. The van der Waals surface area contributed by atoms with Crippen LogP contribution in [0.5, 0.6) is 0 Å². The van der Waals surface area contributed by atoms with E-state index in [1.807, 2.05) is 36.1 Å². The molecule has 2 heterocycles. The molecule has 0 bridgehead atoms. The summed E-state index contributed by atoms with van der Waals surface area (Å²) in [6.07, 6.45) is 0.999. The van der Waals surface area contributed by atoms with Gasteiger partial charge in [0.2, 0.25) is 0 Å². The fourth-order valence-corrected chi connectivity index (χ4v) is 3.08. The first-order valence-corrected chi connectivity index (χ1v) is 8.01. The molecule has 1 fully saturated rings. The highest BCUT2D eigenvalue weighted by Gasteiger charge is 2.20. The van der Waals surface area contributed by atoms with Crippen LogP contribution in [0.1, 0.15) is 22.5 Å². The van der Waals surface area contributed by atoms with Gasteiger partial charge in [-0.25, -0.2) is 0 Å². The van der Waals surface area contributed by atoms with Crippen LogP contribution in [0.4, 0.5) is 0 Å². The van der Waals surface area contributed by atoms with Crippen LogP contribution in [0.25, 0.3) is 10.9 Å². The number of nitrogens with zero attached hydrogens (tertiary/aromatic N) is 2. The Labute approximate surface area is 157 Å². The second-order valence-electron chi connectivity index (χ2n) is 5.37. The first-order valence-electron chi connectivity index (χ1n) is 7.22. The lowest BCUT2D eigenvalue weighted by Crippen LogP contribution is -2.34. The van der Waals surface area contributed by atoms with E-state index in [-0.39, 0.29) is 30.7 Å². The number of pyridine rings is 1. The normalized spacial score (nSPS) is 14.6. The Morgan fingerprint density at radius 1 is 1.22 bits per heavy atom. The van der Waals surface area contributed by atoms with Crippen LogP contribution in [-0.4, -0.2) is 42.0 Å². The minimum atomic E-state index is 0. The number of hydrogen-bond acceptors (Lipinski definition) is 3. The van der Waals surface area contributed by atoms with Gasteiger partial charge in [0, 0.05) is 35.2 Å².